The minimum Gasteiger partial charge on any atom is -0.495 e. The Hall–Kier alpha value is -4.01. The van der Waals surface area contributed by atoms with Crippen LogP contribution in [0.2, 0.25) is 0 Å². The number of carbonyl (C=O) groups excluding carboxylic acids is 3. The van der Waals surface area contributed by atoms with E-state index in [4.69, 9.17) is 18.9 Å². The molecule has 0 heterocycles. The van der Waals surface area contributed by atoms with Gasteiger partial charge < -0.3 is 29.6 Å². The van der Waals surface area contributed by atoms with Crippen molar-refractivity contribution in [1.29, 1.82) is 0 Å². The Balaban J connectivity index is 1.80. The van der Waals surface area contributed by atoms with Crippen molar-refractivity contribution in [3.63, 3.8) is 0 Å². The number of aryl methyl sites for hydroxylation is 1. The first-order valence-electron chi connectivity index (χ1n) is 11.3. The van der Waals surface area contributed by atoms with Crippen molar-refractivity contribution < 1.29 is 33.3 Å². The van der Waals surface area contributed by atoms with Crippen LogP contribution < -0.4 is 24.8 Å². The number of esters is 1. The molecule has 2 rings (SSSR count). The van der Waals surface area contributed by atoms with E-state index in [0.717, 1.165) is 12.0 Å². The van der Waals surface area contributed by atoms with Gasteiger partial charge in [-0.2, -0.15) is 0 Å². The molecule has 0 atom stereocenters. The average Bonchev–Trinajstić information content (AvgIpc) is 2.84. The summed E-state index contributed by atoms with van der Waals surface area (Å²) in [4.78, 5) is 36.1. The number of nitrogens with one attached hydrogen (secondary N) is 2. The summed E-state index contributed by atoms with van der Waals surface area (Å²) in [7, 11) is 1.50. The second kappa shape index (κ2) is 14.3. The number of methoxy groups -OCH3 is 1. The molecule has 2 amide bonds. The van der Waals surface area contributed by atoms with Crippen LogP contribution in [0.3, 0.4) is 0 Å². The lowest BCUT2D eigenvalue weighted by Gasteiger charge is -2.12. The van der Waals surface area contributed by atoms with Gasteiger partial charge in [0.2, 0.25) is 5.91 Å². The highest BCUT2D eigenvalue weighted by Gasteiger charge is 2.11. The number of rotatable bonds is 13. The fourth-order valence-electron chi connectivity index (χ4n) is 2.92. The molecule has 0 aliphatic heterocycles. The quantitative estimate of drug-likeness (QED) is 0.331. The van der Waals surface area contributed by atoms with Crippen LogP contribution in [0.4, 0.5) is 5.69 Å². The van der Waals surface area contributed by atoms with E-state index in [0.29, 0.717) is 41.7 Å². The van der Waals surface area contributed by atoms with Crippen molar-refractivity contribution in [2.24, 2.45) is 0 Å². The summed E-state index contributed by atoms with van der Waals surface area (Å²) in [6, 6.07) is 10.7. The largest absolute Gasteiger partial charge is 0.495 e. The second-order valence-electron chi connectivity index (χ2n) is 7.46. The van der Waals surface area contributed by atoms with E-state index in [1.165, 1.54) is 13.2 Å². The van der Waals surface area contributed by atoms with Gasteiger partial charge in [-0.3, -0.25) is 9.59 Å². The van der Waals surface area contributed by atoms with E-state index in [9.17, 15) is 14.4 Å². The summed E-state index contributed by atoms with van der Waals surface area (Å²) in [5, 5.41) is 5.08. The average molecular weight is 485 g/mol. The van der Waals surface area contributed by atoms with Gasteiger partial charge in [0, 0.05) is 6.08 Å². The number of amides is 2. The molecule has 2 N–H and O–H groups in total. The minimum absolute atomic E-state index is 0.282. The maximum absolute atomic E-state index is 12.1. The lowest BCUT2D eigenvalue weighted by Crippen LogP contribution is -2.35. The minimum atomic E-state index is -0.696. The maximum atomic E-state index is 12.1. The Morgan fingerprint density at radius 3 is 2.43 bits per heavy atom. The number of hydrogen-bond donors (Lipinski definition) is 2. The molecule has 0 fully saturated rings. The molecule has 0 aliphatic carbocycles. The molecule has 0 saturated carbocycles. The molecule has 2 aromatic carbocycles. The van der Waals surface area contributed by atoms with Crippen LogP contribution in [0.25, 0.3) is 6.08 Å². The van der Waals surface area contributed by atoms with Crippen LogP contribution in [0.1, 0.15) is 31.4 Å². The van der Waals surface area contributed by atoms with E-state index in [1.54, 1.807) is 36.4 Å². The lowest BCUT2D eigenvalue weighted by molar-refractivity contribution is -0.143. The van der Waals surface area contributed by atoms with Crippen molar-refractivity contribution in [3.05, 3.63) is 53.6 Å². The summed E-state index contributed by atoms with van der Waals surface area (Å²) < 4.78 is 21.4. The van der Waals surface area contributed by atoms with Gasteiger partial charge in [-0.25, -0.2) is 4.79 Å². The summed E-state index contributed by atoms with van der Waals surface area (Å²) in [6.07, 6.45) is 3.63. The molecule has 0 saturated heterocycles. The molecule has 0 unspecified atom stereocenters. The van der Waals surface area contributed by atoms with Crippen LogP contribution in [0, 0.1) is 6.92 Å². The number of ether oxygens (including phenoxy) is 4. The standard InChI is InChI=1S/C26H32N2O7/c1-5-13-34-22-11-8-19(15-23(22)33-6-2)9-12-26(31)35-17-25(30)27-16-24(29)28-20-14-18(3)7-10-21(20)32-4/h7-12,14-15H,5-6,13,16-17H2,1-4H3,(H,27,30)(H,28,29)/b12-9+. The Labute approximate surface area is 205 Å². The Morgan fingerprint density at radius 1 is 0.943 bits per heavy atom. The van der Waals surface area contributed by atoms with Crippen LogP contribution in [0.5, 0.6) is 17.2 Å². The molecule has 35 heavy (non-hydrogen) atoms. The third kappa shape index (κ3) is 9.40. The van der Waals surface area contributed by atoms with Crippen molar-refractivity contribution >= 4 is 29.5 Å². The fourth-order valence-corrected chi connectivity index (χ4v) is 2.92. The molecular weight excluding hydrogens is 452 g/mol. The fraction of sp³-hybridized carbons (Fsp3) is 0.346. The molecule has 2 aromatic rings. The van der Waals surface area contributed by atoms with E-state index < -0.39 is 24.4 Å². The van der Waals surface area contributed by atoms with Crippen molar-refractivity contribution in [3.8, 4) is 17.2 Å². The van der Waals surface area contributed by atoms with Gasteiger partial charge in [0.05, 0.1) is 32.6 Å². The highest BCUT2D eigenvalue weighted by atomic mass is 16.5. The molecule has 0 aromatic heterocycles. The van der Waals surface area contributed by atoms with Crippen molar-refractivity contribution in [2.45, 2.75) is 27.2 Å². The van der Waals surface area contributed by atoms with E-state index >= 15 is 0 Å². The van der Waals surface area contributed by atoms with Crippen LogP contribution >= 0.6 is 0 Å². The molecule has 9 heteroatoms. The molecule has 188 valence electrons. The second-order valence-corrected chi connectivity index (χ2v) is 7.46. The molecule has 0 radical (unpaired) electrons. The van der Waals surface area contributed by atoms with Crippen LogP contribution in [-0.2, 0) is 19.1 Å². The van der Waals surface area contributed by atoms with E-state index in [2.05, 4.69) is 10.6 Å². The van der Waals surface area contributed by atoms with E-state index in [1.807, 2.05) is 26.8 Å². The normalized spacial score (nSPS) is 10.5. The van der Waals surface area contributed by atoms with Crippen LogP contribution in [0.15, 0.2) is 42.5 Å². The number of carbonyl (C=O) groups is 3. The highest BCUT2D eigenvalue weighted by Crippen LogP contribution is 2.29. The third-order valence-corrected chi connectivity index (χ3v) is 4.56. The monoisotopic (exact) mass is 484 g/mol. The summed E-state index contributed by atoms with van der Waals surface area (Å²) in [6.45, 7) is 6.02. The first-order valence-corrected chi connectivity index (χ1v) is 11.3. The highest BCUT2D eigenvalue weighted by molar-refractivity contribution is 5.96. The summed E-state index contributed by atoms with van der Waals surface area (Å²) >= 11 is 0. The number of anilines is 1. The van der Waals surface area contributed by atoms with Crippen molar-refractivity contribution in [1.82, 2.24) is 5.32 Å². The molecule has 0 bridgehead atoms. The van der Waals surface area contributed by atoms with Gasteiger partial charge in [-0.1, -0.05) is 19.1 Å². The summed E-state index contributed by atoms with van der Waals surface area (Å²) in [5.74, 6) is -0.0163. The third-order valence-electron chi connectivity index (χ3n) is 4.56. The van der Waals surface area contributed by atoms with Crippen LogP contribution in [-0.4, -0.2) is 51.3 Å². The predicted molar refractivity (Wildman–Crippen MR) is 133 cm³/mol. The maximum Gasteiger partial charge on any atom is 0.331 e. The zero-order chi connectivity index (χ0) is 25.6. The predicted octanol–water partition coefficient (Wildman–Crippen LogP) is 3.50. The van der Waals surface area contributed by atoms with Gasteiger partial charge in [0.1, 0.15) is 5.75 Å². The first kappa shape index (κ1) is 27.2. The number of hydrogen-bond acceptors (Lipinski definition) is 7. The van der Waals surface area contributed by atoms with Crippen molar-refractivity contribution in [2.75, 3.05) is 38.8 Å². The van der Waals surface area contributed by atoms with Gasteiger partial charge in [-0.05, 0) is 61.7 Å². The molecule has 9 nitrogen and oxygen atoms in total. The Morgan fingerprint density at radius 2 is 1.71 bits per heavy atom. The zero-order valence-electron chi connectivity index (χ0n) is 20.5. The SMILES string of the molecule is CCCOc1ccc(/C=C/C(=O)OCC(=O)NCC(=O)Nc2cc(C)ccc2OC)cc1OCC. The molecule has 0 aliphatic rings. The number of benzene rings is 2. The molecule has 0 spiro atoms. The van der Waals surface area contributed by atoms with Gasteiger partial charge in [-0.15, -0.1) is 0 Å². The topological polar surface area (TPSA) is 112 Å². The van der Waals surface area contributed by atoms with E-state index in [-0.39, 0.29) is 6.54 Å². The first-order chi connectivity index (χ1) is 16.9. The Bertz CT molecular complexity index is 1050. The molecular formula is C26H32N2O7. The van der Waals surface area contributed by atoms with Gasteiger partial charge >= 0.3 is 5.97 Å². The van der Waals surface area contributed by atoms with Gasteiger partial charge in [0.25, 0.3) is 5.91 Å². The van der Waals surface area contributed by atoms with Gasteiger partial charge in [0.15, 0.2) is 18.1 Å². The zero-order valence-corrected chi connectivity index (χ0v) is 20.5. The Kier molecular flexibility index (Phi) is 11.1. The summed E-state index contributed by atoms with van der Waals surface area (Å²) in [5.41, 5.74) is 2.16. The lowest BCUT2D eigenvalue weighted by atomic mass is 10.2. The smallest absolute Gasteiger partial charge is 0.331 e.